The second-order valence-corrected chi connectivity index (χ2v) is 8.56. The van der Waals surface area contributed by atoms with Crippen LogP contribution in [0.1, 0.15) is 19.8 Å². The molecule has 0 spiro atoms. The number of rotatable bonds is 8. The predicted octanol–water partition coefficient (Wildman–Crippen LogP) is 2.52. The van der Waals surface area contributed by atoms with Crippen LogP contribution in [-0.2, 0) is 9.84 Å². The molecule has 0 unspecified atom stereocenters. The number of hydrogen-bond donors (Lipinski definition) is 2. The Morgan fingerprint density at radius 1 is 1.31 bits per heavy atom. The Morgan fingerprint density at radius 3 is 2.50 bits per heavy atom. The van der Waals surface area contributed by atoms with Crippen molar-refractivity contribution in [3.05, 3.63) is 18.2 Å². The van der Waals surface area contributed by atoms with Crippen molar-refractivity contribution in [2.45, 2.75) is 19.8 Å². The molecule has 0 amide bonds. The van der Waals surface area contributed by atoms with Crippen LogP contribution in [0.2, 0.25) is 0 Å². The molecule has 1 fully saturated rings. The number of halogens is 1. The number of methoxy groups -OCH3 is 1. The molecule has 0 bridgehead atoms. The monoisotopic (exact) mass is 497 g/mol. The van der Waals surface area contributed by atoms with Crippen molar-refractivity contribution in [1.82, 2.24) is 5.32 Å². The molecule has 2 N–H and O–H groups in total. The molecule has 26 heavy (non-hydrogen) atoms. The van der Waals surface area contributed by atoms with Gasteiger partial charge in [0.25, 0.3) is 0 Å². The number of nitrogens with one attached hydrogen (secondary N) is 2. The molecule has 0 atom stereocenters. The van der Waals surface area contributed by atoms with Crippen LogP contribution in [0.4, 0.5) is 5.69 Å². The van der Waals surface area contributed by atoms with Gasteiger partial charge >= 0.3 is 0 Å². The van der Waals surface area contributed by atoms with Crippen molar-refractivity contribution in [3.63, 3.8) is 0 Å². The lowest BCUT2D eigenvalue weighted by Gasteiger charge is -2.18. The molecule has 1 aromatic rings. The number of guanidine groups is 1. The molecule has 1 saturated carbocycles. The van der Waals surface area contributed by atoms with Gasteiger partial charge in [-0.25, -0.2) is 8.42 Å². The van der Waals surface area contributed by atoms with Crippen molar-refractivity contribution in [2.24, 2.45) is 10.4 Å². The third-order valence-corrected chi connectivity index (χ3v) is 5.24. The fourth-order valence-electron chi connectivity index (χ4n) is 2.71. The first-order chi connectivity index (χ1) is 11.8. The zero-order chi connectivity index (χ0) is 18.5. The number of nitrogens with zero attached hydrogens (tertiary/aromatic N) is 1. The topological polar surface area (TPSA) is 89.0 Å². The Morgan fingerprint density at radius 2 is 2.00 bits per heavy atom. The van der Waals surface area contributed by atoms with Crippen LogP contribution >= 0.6 is 24.0 Å². The Kier molecular flexibility index (Phi) is 8.45. The van der Waals surface area contributed by atoms with E-state index in [9.17, 15) is 8.42 Å². The fourth-order valence-corrected chi connectivity index (χ4v) is 4.22. The number of hydrogen-bond acceptors (Lipinski definition) is 5. The second-order valence-electron chi connectivity index (χ2n) is 6.42. The molecule has 0 heterocycles. The van der Waals surface area contributed by atoms with E-state index < -0.39 is 9.84 Å². The molecule has 0 aliphatic heterocycles. The summed E-state index contributed by atoms with van der Waals surface area (Å²) >= 11 is 0. The maximum absolute atomic E-state index is 11.5. The fraction of sp³-hybridized carbons (Fsp3) is 0.588. The first kappa shape index (κ1) is 22.8. The maximum Gasteiger partial charge on any atom is 0.195 e. The van der Waals surface area contributed by atoms with Gasteiger partial charge in [0.2, 0.25) is 0 Å². The molecule has 7 nitrogen and oxygen atoms in total. The van der Waals surface area contributed by atoms with Gasteiger partial charge in [0, 0.05) is 37.0 Å². The third-order valence-electron chi connectivity index (χ3n) is 4.11. The molecule has 0 radical (unpaired) electrons. The summed E-state index contributed by atoms with van der Waals surface area (Å²) in [7, 11) is 0.289. The Hall–Kier alpha value is -1.23. The van der Waals surface area contributed by atoms with Gasteiger partial charge in [0.1, 0.15) is 9.84 Å². The van der Waals surface area contributed by atoms with Crippen molar-refractivity contribution >= 4 is 45.5 Å². The highest BCUT2D eigenvalue weighted by molar-refractivity contribution is 14.0. The molecule has 0 saturated heterocycles. The van der Waals surface area contributed by atoms with Crippen LogP contribution in [0.25, 0.3) is 0 Å². The highest BCUT2D eigenvalue weighted by Gasteiger charge is 2.45. The number of ether oxygens (including phenoxy) is 2. The van der Waals surface area contributed by atoms with E-state index in [0.717, 1.165) is 18.5 Å². The minimum absolute atomic E-state index is 0. The zero-order valence-corrected chi connectivity index (χ0v) is 18.8. The first-order valence-corrected chi connectivity index (χ1v) is 10.3. The standard InChI is InChI=1S/C17H27N3O4S.HI/c1-5-24-14-7-6-13(10-15(14)23-3)20-16(18-2)19-11-17(8-9-17)12-25(4,21)22;/h6-7,10H,5,8-9,11-12H2,1-4H3,(H2,18,19,20);1H. The number of anilines is 1. The molecular formula is C17H28IN3O4S. The van der Waals surface area contributed by atoms with Gasteiger partial charge in [0.15, 0.2) is 17.5 Å². The van der Waals surface area contributed by atoms with E-state index in [-0.39, 0.29) is 35.1 Å². The normalized spacial score (nSPS) is 15.6. The highest BCUT2D eigenvalue weighted by Crippen LogP contribution is 2.46. The van der Waals surface area contributed by atoms with Crippen molar-refractivity contribution in [1.29, 1.82) is 0 Å². The van der Waals surface area contributed by atoms with Gasteiger partial charge in [-0.1, -0.05) is 0 Å². The molecule has 2 rings (SSSR count). The summed E-state index contributed by atoms with van der Waals surface area (Å²) in [5.41, 5.74) is 0.642. The number of aliphatic imine (C=N–C) groups is 1. The quantitative estimate of drug-likeness (QED) is 0.326. The largest absolute Gasteiger partial charge is 0.493 e. The van der Waals surface area contributed by atoms with Gasteiger partial charge in [-0.3, -0.25) is 4.99 Å². The van der Waals surface area contributed by atoms with E-state index in [1.807, 2.05) is 25.1 Å². The number of benzene rings is 1. The summed E-state index contributed by atoms with van der Waals surface area (Å²) in [5, 5.41) is 6.41. The van der Waals surface area contributed by atoms with Crippen LogP contribution in [0.5, 0.6) is 11.5 Å². The Labute approximate surface area is 172 Å². The lowest BCUT2D eigenvalue weighted by Crippen LogP contribution is -2.37. The van der Waals surface area contributed by atoms with E-state index in [0.29, 0.717) is 30.6 Å². The average molecular weight is 497 g/mol. The Bertz CT molecular complexity index is 734. The molecule has 148 valence electrons. The zero-order valence-electron chi connectivity index (χ0n) is 15.7. The van der Waals surface area contributed by atoms with Crippen LogP contribution in [0.3, 0.4) is 0 Å². The van der Waals surface area contributed by atoms with E-state index in [2.05, 4.69) is 15.6 Å². The van der Waals surface area contributed by atoms with Crippen molar-refractivity contribution in [2.75, 3.05) is 44.6 Å². The van der Waals surface area contributed by atoms with Gasteiger partial charge in [-0.2, -0.15) is 0 Å². The summed E-state index contributed by atoms with van der Waals surface area (Å²) in [5.74, 6) is 2.12. The van der Waals surface area contributed by atoms with E-state index in [1.165, 1.54) is 6.26 Å². The van der Waals surface area contributed by atoms with E-state index >= 15 is 0 Å². The van der Waals surface area contributed by atoms with Crippen LogP contribution in [-0.4, -0.2) is 53.7 Å². The summed E-state index contributed by atoms with van der Waals surface area (Å²) < 4.78 is 33.9. The van der Waals surface area contributed by atoms with Gasteiger partial charge in [-0.05, 0) is 31.9 Å². The van der Waals surface area contributed by atoms with Gasteiger partial charge < -0.3 is 20.1 Å². The molecule has 9 heteroatoms. The molecule has 0 aromatic heterocycles. The van der Waals surface area contributed by atoms with E-state index in [4.69, 9.17) is 9.47 Å². The summed E-state index contributed by atoms with van der Waals surface area (Å²) in [6, 6.07) is 5.55. The summed E-state index contributed by atoms with van der Waals surface area (Å²) in [6.45, 7) is 3.06. The first-order valence-electron chi connectivity index (χ1n) is 8.27. The van der Waals surface area contributed by atoms with Crippen LogP contribution in [0.15, 0.2) is 23.2 Å². The summed E-state index contributed by atoms with van der Waals surface area (Å²) in [4.78, 5) is 4.20. The van der Waals surface area contributed by atoms with Gasteiger partial charge in [-0.15, -0.1) is 24.0 Å². The summed E-state index contributed by atoms with van der Waals surface area (Å²) in [6.07, 6.45) is 3.12. The molecule has 1 aliphatic rings. The lowest BCUT2D eigenvalue weighted by molar-refractivity contribution is 0.311. The second kappa shape index (κ2) is 9.63. The van der Waals surface area contributed by atoms with Gasteiger partial charge in [0.05, 0.1) is 19.5 Å². The number of sulfone groups is 1. The maximum atomic E-state index is 11.5. The Balaban J connectivity index is 0.00000338. The highest BCUT2D eigenvalue weighted by atomic mass is 127. The SMILES string of the molecule is CCOc1ccc(NC(=NC)NCC2(CS(C)(=O)=O)CC2)cc1OC.I. The molecule has 1 aliphatic carbocycles. The van der Waals surface area contributed by atoms with Crippen molar-refractivity contribution in [3.8, 4) is 11.5 Å². The smallest absolute Gasteiger partial charge is 0.195 e. The van der Waals surface area contributed by atoms with Crippen LogP contribution in [0, 0.1) is 5.41 Å². The van der Waals surface area contributed by atoms with Crippen molar-refractivity contribution < 1.29 is 17.9 Å². The van der Waals surface area contributed by atoms with E-state index in [1.54, 1.807) is 14.2 Å². The molecule has 1 aromatic carbocycles. The third kappa shape index (κ3) is 6.82. The average Bonchev–Trinajstić information content (AvgIpc) is 3.30. The predicted molar refractivity (Wildman–Crippen MR) is 116 cm³/mol. The minimum Gasteiger partial charge on any atom is -0.493 e. The molecular weight excluding hydrogens is 469 g/mol. The minimum atomic E-state index is -2.98. The van der Waals surface area contributed by atoms with Crippen LogP contribution < -0.4 is 20.1 Å². The lowest BCUT2D eigenvalue weighted by atomic mass is 10.1.